The van der Waals surface area contributed by atoms with Crippen LogP contribution < -0.4 is 10.9 Å². The number of rotatable bonds is 4. The maximum Gasteiger partial charge on any atom is 0.291 e. The molecule has 6 heteroatoms. The summed E-state index contributed by atoms with van der Waals surface area (Å²) in [5.74, 6) is 0.429. The van der Waals surface area contributed by atoms with Crippen LogP contribution >= 0.6 is 0 Å². The fourth-order valence-electron chi connectivity index (χ4n) is 3.97. The minimum Gasteiger partial charge on any atom is -0.324 e. The Morgan fingerprint density at radius 1 is 1.00 bits per heavy atom. The molecule has 0 bridgehead atoms. The Morgan fingerprint density at radius 3 is 2.43 bits per heavy atom. The third kappa shape index (κ3) is 3.28. The number of hydrogen-bond donors (Lipinski definition) is 1. The van der Waals surface area contributed by atoms with Gasteiger partial charge in [-0.2, -0.15) is 5.10 Å². The number of benzene rings is 2. The van der Waals surface area contributed by atoms with E-state index in [1.807, 2.05) is 75.4 Å². The van der Waals surface area contributed by atoms with Gasteiger partial charge in [-0.3, -0.25) is 14.0 Å². The number of anilines is 1. The first kappa shape index (κ1) is 19.9. The summed E-state index contributed by atoms with van der Waals surface area (Å²) >= 11 is 0. The normalized spacial score (nSPS) is 12.4. The first-order valence-corrected chi connectivity index (χ1v) is 10.2. The van der Waals surface area contributed by atoms with Crippen molar-refractivity contribution in [1.29, 1.82) is 0 Å². The van der Waals surface area contributed by atoms with Crippen molar-refractivity contribution in [2.24, 2.45) is 0 Å². The largest absolute Gasteiger partial charge is 0.324 e. The molecule has 0 aliphatic carbocycles. The van der Waals surface area contributed by atoms with Gasteiger partial charge in [-0.15, -0.1) is 0 Å². The molecule has 4 rings (SSSR count). The number of hydrogen-bond acceptors (Lipinski definition) is 3. The van der Waals surface area contributed by atoms with E-state index in [2.05, 4.69) is 16.5 Å². The van der Waals surface area contributed by atoms with Gasteiger partial charge >= 0.3 is 0 Å². The van der Waals surface area contributed by atoms with Crippen LogP contribution in [-0.2, 0) is 4.79 Å². The Morgan fingerprint density at radius 2 is 1.70 bits per heavy atom. The van der Waals surface area contributed by atoms with Crippen molar-refractivity contribution >= 4 is 28.0 Å². The van der Waals surface area contributed by atoms with Gasteiger partial charge in [0.15, 0.2) is 0 Å². The smallest absolute Gasteiger partial charge is 0.291 e. The lowest BCUT2D eigenvalue weighted by Crippen LogP contribution is -2.36. The predicted molar refractivity (Wildman–Crippen MR) is 120 cm³/mol. The SMILES string of the molecule is CC[C@H](C(=O)Nc1cc(C)ccc1C)n1nc(C)n2c(cc3cc(C)ccc32)c1=O. The van der Waals surface area contributed by atoms with E-state index >= 15 is 0 Å². The monoisotopic (exact) mass is 402 g/mol. The summed E-state index contributed by atoms with van der Waals surface area (Å²) in [4.78, 5) is 26.4. The van der Waals surface area contributed by atoms with E-state index in [1.165, 1.54) is 4.68 Å². The molecule has 2 aromatic heterocycles. The molecule has 1 N–H and O–H groups in total. The van der Waals surface area contributed by atoms with Gasteiger partial charge in [0, 0.05) is 11.1 Å². The van der Waals surface area contributed by atoms with Crippen molar-refractivity contribution in [2.45, 2.75) is 47.1 Å². The van der Waals surface area contributed by atoms with Crippen molar-refractivity contribution in [3.63, 3.8) is 0 Å². The Kier molecular flexibility index (Phi) is 4.94. The van der Waals surface area contributed by atoms with Gasteiger partial charge < -0.3 is 5.32 Å². The van der Waals surface area contributed by atoms with Gasteiger partial charge in [0.1, 0.15) is 17.4 Å². The van der Waals surface area contributed by atoms with Crippen LogP contribution in [0.5, 0.6) is 0 Å². The second-order valence-corrected chi connectivity index (χ2v) is 7.96. The first-order chi connectivity index (χ1) is 14.3. The molecule has 0 spiro atoms. The summed E-state index contributed by atoms with van der Waals surface area (Å²) in [5, 5.41) is 8.50. The second kappa shape index (κ2) is 7.44. The highest BCUT2D eigenvalue weighted by atomic mass is 16.2. The summed E-state index contributed by atoms with van der Waals surface area (Å²) < 4.78 is 3.19. The Labute approximate surface area is 175 Å². The summed E-state index contributed by atoms with van der Waals surface area (Å²) in [6, 6.07) is 13.2. The van der Waals surface area contributed by atoms with Crippen LogP contribution in [0.4, 0.5) is 5.69 Å². The van der Waals surface area contributed by atoms with Crippen LogP contribution in [0.1, 0.15) is 41.9 Å². The standard InChI is InChI=1S/C24H26N4O2/c1-6-20(23(29)25-19-12-15(3)7-9-16(19)4)28-24(30)22-13-18-11-14(2)8-10-21(18)27(22)17(5)26-28/h7-13,20H,6H2,1-5H3,(H,25,29)/t20-/m1/s1. The van der Waals surface area contributed by atoms with E-state index in [-0.39, 0.29) is 11.5 Å². The van der Waals surface area contributed by atoms with Crippen LogP contribution in [-0.4, -0.2) is 20.1 Å². The zero-order valence-corrected chi connectivity index (χ0v) is 18.0. The van der Waals surface area contributed by atoms with Crippen LogP contribution in [0.2, 0.25) is 0 Å². The van der Waals surface area contributed by atoms with Gasteiger partial charge in [-0.05, 0) is 69.5 Å². The molecule has 1 amide bonds. The number of fused-ring (bicyclic) bond motifs is 3. The Hall–Kier alpha value is -3.41. The lowest BCUT2D eigenvalue weighted by Gasteiger charge is -2.19. The quantitative estimate of drug-likeness (QED) is 0.547. The number of aryl methyl sites for hydroxylation is 4. The highest BCUT2D eigenvalue weighted by molar-refractivity contribution is 5.94. The molecule has 2 aromatic carbocycles. The van der Waals surface area contributed by atoms with Gasteiger partial charge in [0.05, 0.1) is 5.52 Å². The van der Waals surface area contributed by atoms with Crippen molar-refractivity contribution < 1.29 is 4.79 Å². The average molecular weight is 402 g/mol. The van der Waals surface area contributed by atoms with Crippen molar-refractivity contribution in [2.75, 3.05) is 5.32 Å². The molecule has 0 fully saturated rings. The van der Waals surface area contributed by atoms with E-state index in [4.69, 9.17) is 0 Å². The minimum absolute atomic E-state index is 0.239. The molecule has 4 aromatic rings. The van der Waals surface area contributed by atoms with E-state index < -0.39 is 6.04 Å². The van der Waals surface area contributed by atoms with Crippen LogP contribution in [0.25, 0.3) is 16.4 Å². The predicted octanol–water partition coefficient (Wildman–Crippen LogP) is 4.47. The van der Waals surface area contributed by atoms with Crippen LogP contribution in [0.3, 0.4) is 0 Å². The number of amides is 1. The number of carbonyl (C=O) groups is 1. The van der Waals surface area contributed by atoms with E-state index in [9.17, 15) is 9.59 Å². The van der Waals surface area contributed by atoms with Gasteiger partial charge in [0.25, 0.3) is 5.56 Å². The molecular formula is C24H26N4O2. The molecule has 6 nitrogen and oxygen atoms in total. The Balaban J connectivity index is 1.81. The zero-order chi connectivity index (χ0) is 21.6. The Bertz CT molecular complexity index is 1350. The molecule has 0 aliphatic heterocycles. The third-order valence-corrected chi connectivity index (χ3v) is 5.60. The first-order valence-electron chi connectivity index (χ1n) is 10.2. The lowest BCUT2D eigenvalue weighted by molar-refractivity contribution is -0.119. The summed E-state index contributed by atoms with van der Waals surface area (Å²) in [5.41, 5.74) is 5.13. The number of nitrogens with one attached hydrogen (secondary N) is 1. The minimum atomic E-state index is -0.694. The molecular weight excluding hydrogens is 376 g/mol. The van der Waals surface area contributed by atoms with Crippen LogP contribution in [0.15, 0.2) is 47.3 Å². The van der Waals surface area contributed by atoms with Crippen LogP contribution in [0, 0.1) is 27.7 Å². The molecule has 0 unspecified atom stereocenters. The molecule has 1 atom stereocenters. The van der Waals surface area contributed by atoms with E-state index in [0.717, 1.165) is 33.3 Å². The lowest BCUT2D eigenvalue weighted by atomic mass is 10.1. The number of nitrogens with zero attached hydrogens (tertiary/aromatic N) is 3. The molecule has 0 saturated carbocycles. The maximum atomic E-state index is 13.3. The van der Waals surface area contributed by atoms with Gasteiger partial charge in [-0.1, -0.05) is 30.7 Å². The molecule has 30 heavy (non-hydrogen) atoms. The molecule has 0 radical (unpaired) electrons. The average Bonchev–Trinajstić information content (AvgIpc) is 3.08. The fraction of sp³-hybridized carbons (Fsp3) is 0.292. The number of carbonyl (C=O) groups excluding carboxylic acids is 1. The highest BCUT2D eigenvalue weighted by Gasteiger charge is 2.24. The molecule has 0 aliphatic rings. The third-order valence-electron chi connectivity index (χ3n) is 5.60. The second-order valence-electron chi connectivity index (χ2n) is 7.96. The van der Waals surface area contributed by atoms with Crippen molar-refractivity contribution in [3.8, 4) is 0 Å². The summed E-state index contributed by atoms with van der Waals surface area (Å²) in [6.07, 6.45) is 0.457. The van der Waals surface area contributed by atoms with Gasteiger partial charge in [-0.25, -0.2) is 4.68 Å². The van der Waals surface area contributed by atoms with E-state index in [0.29, 0.717) is 17.8 Å². The summed E-state index contributed by atoms with van der Waals surface area (Å²) in [6.45, 7) is 9.70. The summed E-state index contributed by atoms with van der Waals surface area (Å²) in [7, 11) is 0. The van der Waals surface area contributed by atoms with Crippen molar-refractivity contribution in [3.05, 3.63) is 75.3 Å². The topological polar surface area (TPSA) is 68.4 Å². The molecule has 0 saturated heterocycles. The van der Waals surface area contributed by atoms with Crippen molar-refractivity contribution in [1.82, 2.24) is 14.2 Å². The molecule has 154 valence electrons. The number of aromatic nitrogens is 3. The van der Waals surface area contributed by atoms with Gasteiger partial charge in [0.2, 0.25) is 5.91 Å². The zero-order valence-electron chi connectivity index (χ0n) is 18.0. The molecule has 2 heterocycles. The maximum absolute atomic E-state index is 13.3. The highest BCUT2D eigenvalue weighted by Crippen LogP contribution is 2.22. The van der Waals surface area contributed by atoms with E-state index in [1.54, 1.807) is 0 Å². The fourth-order valence-corrected chi connectivity index (χ4v) is 3.97.